The highest BCUT2D eigenvalue weighted by Gasteiger charge is 2.38. The molecule has 0 bridgehead atoms. The Morgan fingerprint density at radius 3 is 2.71 bits per heavy atom. The zero-order chi connectivity index (χ0) is 15.0. The van der Waals surface area contributed by atoms with E-state index in [1.807, 2.05) is 0 Å². The van der Waals surface area contributed by atoms with Gasteiger partial charge in [-0.1, -0.05) is 0 Å². The number of aliphatic hydroxyl groups excluding tert-OH is 1. The number of nitrogens with one attached hydrogen (secondary N) is 1. The Kier molecular flexibility index (Phi) is 3.54. The van der Waals surface area contributed by atoms with E-state index >= 15 is 0 Å². The van der Waals surface area contributed by atoms with Gasteiger partial charge >= 0.3 is 12.0 Å². The Balaban J connectivity index is 1.79. The molecule has 1 aromatic heterocycles. The maximum Gasteiger partial charge on any atom is 0.326 e. The monoisotopic (exact) mass is 294 g/mol. The highest BCUT2D eigenvalue weighted by atomic mass is 16.4. The molecule has 0 aliphatic carbocycles. The molecule has 0 aromatic carbocycles. The normalized spacial score (nSPS) is 23.0. The maximum atomic E-state index is 12.6. The summed E-state index contributed by atoms with van der Waals surface area (Å²) in [4.78, 5) is 34.1. The first kappa shape index (κ1) is 13.9. The fraction of sp³-hybridized carbons (Fsp3) is 0.615. The largest absolute Gasteiger partial charge is 0.480 e. The van der Waals surface area contributed by atoms with Crippen LogP contribution in [0.3, 0.4) is 0 Å². The minimum absolute atomic E-state index is 0.219. The molecule has 114 valence electrons. The first-order chi connectivity index (χ1) is 10.1. The molecule has 0 spiro atoms. The zero-order valence-electron chi connectivity index (χ0n) is 11.5. The molecule has 8 nitrogen and oxygen atoms in total. The topological polar surface area (TPSA) is 110 Å². The zero-order valence-corrected chi connectivity index (χ0v) is 11.5. The summed E-state index contributed by atoms with van der Waals surface area (Å²) >= 11 is 0. The number of rotatable bonds is 1. The molecule has 1 aromatic rings. The van der Waals surface area contributed by atoms with Gasteiger partial charge in [0, 0.05) is 19.5 Å². The van der Waals surface area contributed by atoms with Crippen molar-refractivity contribution in [3.8, 4) is 0 Å². The van der Waals surface area contributed by atoms with Gasteiger partial charge in [0.15, 0.2) is 0 Å². The summed E-state index contributed by atoms with van der Waals surface area (Å²) < 4.78 is 0. The number of carboxylic acid groups (broad SMARTS) is 1. The number of nitrogens with zero attached hydrogens (tertiary/aromatic N) is 3. The van der Waals surface area contributed by atoms with Crippen LogP contribution in [0.15, 0.2) is 6.33 Å². The minimum atomic E-state index is -1.02. The average Bonchev–Trinajstić information content (AvgIpc) is 2.93. The molecule has 1 fully saturated rings. The molecule has 1 atom stereocenters. The predicted octanol–water partition coefficient (Wildman–Crippen LogP) is -0.202. The van der Waals surface area contributed by atoms with E-state index in [0.717, 1.165) is 5.69 Å². The van der Waals surface area contributed by atoms with Gasteiger partial charge in [0.1, 0.15) is 6.04 Å². The number of aromatic nitrogens is 2. The van der Waals surface area contributed by atoms with Crippen molar-refractivity contribution in [3.05, 3.63) is 17.7 Å². The molecule has 0 radical (unpaired) electrons. The van der Waals surface area contributed by atoms with Crippen LogP contribution in [0.5, 0.6) is 0 Å². The summed E-state index contributed by atoms with van der Waals surface area (Å²) in [5.41, 5.74) is 1.50. The fourth-order valence-electron chi connectivity index (χ4n) is 2.90. The van der Waals surface area contributed by atoms with Crippen LogP contribution >= 0.6 is 0 Å². The molecule has 1 saturated heterocycles. The van der Waals surface area contributed by atoms with Crippen molar-refractivity contribution in [3.63, 3.8) is 0 Å². The number of carbonyl (C=O) groups is 2. The molecule has 1 unspecified atom stereocenters. The van der Waals surface area contributed by atoms with Crippen LogP contribution in [0.4, 0.5) is 4.79 Å². The first-order valence-electron chi connectivity index (χ1n) is 7.04. The van der Waals surface area contributed by atoms with Crippen LogP contribution in [-0.4, -0.2) is 67.2 Å². The number of aromatic amines is 1. The molecule has 3 rings (SSSR count). The van der Waals surface area contributed by atoms with Crippen molar-refractivity contribution in [2.24, 2.45) is 0 Å². The van der Waals surface area contributed by atoms with E-state index in [1.54, 1.807) is 4.90 Å². The smallest absolute Gasteiger partial charge is 0.326 e. The van der Waals surface area contributed by atoms with Crippen molar-refractivity contribution < 1.29 is 19.8 Å². The SMILES string of the molecule is O=C(O)C1Cc2nc[nH]c2CN1C(=O)N1CCC(O)CC1. The quantitative estimate of drug-likeness (QED) is 0.664. The second-order valence-electron chi connectivity index (χ2n) is 5.51. The van der Waals surface area contributed by atoms with E-state index < -0.39 is 12.0 Å². The van der Waals surface area contributed by atoms with Crippen LogP contribution in [0.25, 0.3) is 0 Å². The summed E-state index contributed by atoms with van der Waals surface area (Å²) in [5.74, 6) is -1.02. The Labute approximate surface area is 121 Å². The first-order valence-corrected chi connectivity index (χ1v) is 7.04. The van der Waals surface area contributed by atoms with Crippen molar-refractivity contribution in [2.75, 3.05) is 13.1 Å². The van der Waals surface area contributed by atoms with Crippen LogP contribution in [-0.2, 0) is 17.8 Å². The lowest BCUT2D eigenvalue weighted by Crippen LogP contribution is -2.55. The lowest BCUT2D eigenvalue weighted by Gasteiger charge is -2.38. The molecule has 21 heavy (non-hydrogen) atoms. The van der Waals surface area contributed by atoms with E-state index in [4.69, 9.17) is 0 Å². The second-order valence-corrected chi connectivity index (χ2v) is 5.51. The van der Waals surface area contributed by atoms with E-state index in [-0.39, 0.29) is 25.1 Å². The van der Waals surface area contributed by atoms with Crippen LogP contribution in [0.1, 0.15) is 24.2 Å². The van der Waals surface area contributed by atoms with Crippen LogP contribution in [0.2, 0.25) is 0 Å². The fourth-order valence-corrected chi connectivity index (χ4v) is 2.90. The van der Waals surface area contributed by atoms with Gasteiger partial charge in [0.05, 0.1) is 30.4 Å². The van der Waals surface area contributed by atoms with E-state index in [2.05, 4.69) is 9.97 Å². The number of amides is 2. The molecular formula is C13H18N4O4. The number of urea groups is 1. The number of aliphatic hydroxyl groups is 1. The number of carbonyl (C=O) groups excluding carboxylic acids is 1. The summed E-state index contributed by atoms with van der Waals surface area (Å²) in [6.07, 6.45) is 2.44. The standard InChI is InChI=1S/C13H18N4O4/c18-8-1-3-16(4-2-8)13(21)17-6-10-9(14-7-15-10)5-11(17)12(19)20/h7-8,11,18H,1-6H2,(H,14,15)(H,19,20). The van der Waals surface area contributed by atoms with Gasteiger partial charge in [0.2, 0.25) is 0 Å². The van der Waals surface area contributed by atoms with Crippen LogP contribution in [0, 0.1) is 0 Å². The Morgan fingerprint density at radius 2 is 2.05 bits per heavy atom. The number of piperidine rings is 1. The van der Waals surface area contributed by atoms with Gasteiger partial charge in [-0.2, -0.15) is 0 Å². The number of hydrogen-bond donors (Lipinski definition) is 3. The minimum Gasteiger partial charge on any atom is -0.480 e. The van der Waals surface area contributed by atoms with Crippen LogP contribution < -0.4 is 0 Å². The van der Waals surface area contributed by atoms with E-state index in [9.17, 15) is 19.8 Å². The maximum absolute atomic E-state index is 12.6. The number of fused-ring (bicyclic) bond motifs is 1. The molecule has 2 amide bonds. The number of imidazole rings is 1. The highest BCUT2D eigenvalue weighted by Crippen LogP contribution is 2.23. The third kappa shape index (κ3) is 2.58. The number of carboxylic acids is 1. The summed E-state index contributed by atoms with van der Waals surface area (Å²) in [6.45, 7) is 1.14. The van der Waals surface area contributed by atoms with Gasteiger partial charge in [-0.15, -0.1) is 0 Å². The van der Waals surface area contributed by atoms with Gasteiger partial charge in [0.25, 0.3) is 0 Å². The van der Waals surface area contributed by atoms with E-state index in [0.29, 0.717) is 31.6 Å². The second kappa shape index (κ2) is 5.36. The van der Waals surface area contributed by atoms with Crippen molar-refractivity contribution in [1.82, 2.24) is 19.8 Å². The Hall–Kier alpha value is -2.09. The van der Waals surface area contributed by atoms with E-state index in [1.165, 1.54) is 11.2 Å². The van der Waals surface area contributed by atoms with Crippen molar-refractivity contribution >= 4 is 12.0 Å². The molecule has 3 N–H and O–H groups in total. The molecular weight excluding hydrogens is 276 g/mol. The van der Waals surface area contributed by atoms with Gasteiger partial charge in [-0.05, 0) is 12.8 Å². The molecule has 2 aliphatic rings. The molecule has 0 saturated carbocycles. The highest BCUT2D eigenvalue weighted by molar-refractivity contribution is 5.83. The lowest BCUT2D eigenvalue weighted by atomic mass is 10.0. The van der Waals surface area contributed by atoms with Crippen molar-refractivity contribution in [1.29, 1.82) is 0 Å². The number of aliphatic carboxylic acids is 1. The van der Waals surface area contributed by atoms with Crippen molar-refractivity contribution in [2.45, 2.75) is 38.0 Å². The van der Waals surface area contributed by atoms with Gasteiger partial charge in [-0.3, -0.25) is 0 Å². The predicted molar refractivity (Wildman–Crippen MR) is 71.5 cm³/mol. The van der Waals surface area contributed by atoms with Gasteiger partial charge < -0.3 is 25.0 Å². The summed E-state index contributed by atoms with van der Waals surface area (Å²) in [5, 5.41) is 18.9. The summed E-state index contributed by atoms with van der Waals surface area (Å²) in [7, 11) is 0. The molecule has 8 heteroatoms. The summed E-state index contributed by atoms with van der Waals surface area (Å²) in [6, 6.07) is -1.17. The number of hydrogen-bond acceptors (Lipinski definition) is 4. The third-order valence-corrected chi connectivity index (χ3v) is 4.16. The number of H-pyrrole nitrogens is 1. The average molecular weight is 294 g/mol. The third-order valence-electron chi connectivity index (χ3n) is 4.16. The Bertz CT molecular complexity index is 550. The Morgan fingerprint density at radius 1 is 1.33 bits per heavy atom. The van der Waals surface area contributed by atoms with Gasteiger partial charge in [-0.25, -0.2) is 14.6 Å². The molecule has 2 aliphatic heterocycles. The number of likely N-dealkylation sites (tertiary alicyclic amines) is 1. The lowest BCUT2D eigenvalue weighted by molar-refractivity contribution is -0.143. The molecule has 3 heterocycles.